The molecule has 0 atom stereocenters. The number of aromatic nitrogens is 2. The lowest BCUT2D eigenvalue weighted by molar-refractivity contribution is -0.136. The lowest BCUT2D eigenvalue weighted by atomic mass is 9.77. The van der Waals surface area contributed by atoms with Gasteiger partial charge in [0.25, 0.3) is 0 Å². The van der Waals surface area contributed by atoms with Crippen LogP contribution in [0.2, 0.25) is 0 Å². The van der Waals surface area contributed by atoms with Crippen LogP contribution in [0.25, 0.3) is 0 Å². The van der Waals surface area contributed by atoms with Crippen molar-refractivity contribution < 1.29 is 19.1 Å². The average Bonchev–Trinajstić information content (AvgIpc) is 3.28. The maximum atomic E-state index is 12.7. The zero-order valence-electron chi connectivity index (χ0n) is 20.8. The molecule has 0 aliphatic heterocycles. The van der Waals surface area contributed by atoms with Gasteiger partial charge in [0.2, 0.25) is 0 Å². The number of hydrogen-bond acceptors (Lipinski definition) is 6. The first-order valence-corrected chi connectivity index (χ1v) is 11.9. The standard InChI is InChI=1S/C28H28N6O4/c1-34-24(23(19-31-34)32-26(36)25(35)30-17-18-38-27(29)37)33-28(20-11-5-2-6-12-20,21-13-7-3-8-14-21)22-15-9-4-10-16-22/h2-16,19,33H,17-18H2,1H3,(H2,29,37)(H,30,35)(H,32,36). The number of primary amides is 1. The number of benzene rings is 3. The van der Waals surface area contributed by atoms with Crippen LogP contribution in [0.3, 0.4) is 0 Å². The Morgan fingerprint density at radius 1 is 0.842 bits per heavy atom. The van der Waals surface area contributed by atoms with Crippen LogP contribution >= 0.6 is 0 Å². The van der Waals surface area contributed by atoms with Crippen LogP contribution in [-0.4, -0.2) is 40.8 Å². The number of nitrogens with two attached hydrogens (primary N) is 1. The maximum absolute atomic E-state index is 12.7. The van der Waals surface area contributed by atoms with E-state index < -0.39 is 23.4 Å². The zero-order valence-corrected chi connectivity index (χ0v) is 20.8. The van der Waals surface area contributed by atoms with E-state index in [2.05, 4.69) is 25.8 Å². The lowest BCUT2D eigenvalue weighted by Gasteiger charge is -2.38. The van der Waals surface area contributed by atoms with E-state index in [1.165, 1.54) is 6.20 Å². The highest BCUT2D eigenvalue weighted by Crippen LogP contribution is 2.41. The summed E-state index contributed by atoms with van der Waals surface area (Å²) in [6.07, 6.45) is 0.503. The minimum absolute atomic E-state index is 0.0630. The molecular formula is C28H28N6O4. The third-order valence-electron chi connectivity index (χ3n) is 5.95. The van der Waals surface area contributed by atoms with Crippen molar-refractivity contribution in [2.75, 3.05) is 23.8 Å². The van der Waals surface area contributed by atoms with Gasteiger partial charge < -0.3 is 26.4 Å². The van der Waals surface area contributed by atoms with Gasteiger partial charge in [-0.25, -0.2) is 4.79 Å². The molecule has 0 saturated heterocycles. The molecule has 0 bridgehead atoms. The number of anilines is 2. The van der Waals surface area contributed by atoms with Gasteiger partial charge in [-0.1, -0.05) is 91.0 Å². The quantitative estimate of drug-likeness (QED) is 0.154. The lowest BCUT2D eigenvalue weighted by Crippen LogP contribution is -2.40. The smallest absolute Gasteiger partial charge is 0.404 e. The Kier molecular flexibility index (Phi) is 8.02. The highest BCUT2D eigenvalue weighted by atomic mass is 16.5. The fourth-order valence-electron chi connectivity index (χ4n) is 4.21. The molecule has 0 spiro atoms. The second kappa shape index (κ2) is 11.7. The van der Waals surface area contributed by atoms with Crippen LogP contribution in [0.1, 0.15) is 16.7 Å². The molecule has 0 fully saturated rings. The summed E-state index contributed by atoms with van der Waals surface area (Å²) < 4.78 is 6.16. The van der Waals surface area contributed by atoms with E-state index >= 15 is 0 Å². The van der Waals surface area contributed by atoms with Crippen molar-refractivity contribution in [3.8, 4) is 0 Å². The van der Waals surface area contributed by atoms with Crippen molar-refractivity contribution in [1.29, 1.82) is 0 Å². The Morgan fingerprint density at radius 3 is 1.82 bits per heavy atom. The molecule has 194 valence electrons. The minimum Gasteiger partial charge on any atom is -0.448 e. The van der Waals surface area contributed by atoms with Gasteiger partial charge in [-0.2, -0.15) is 5.10 Å². The first-order chi connectivity index (χ1) is 18.4. The third kappa shape index (κ3) is 5.65. The summed E-state index contributed by atoms with van der Waals surface area (Å²) in [6, 6.07) is 29.8. The van der Waals surface area contributed by atoms with E-state index in [9.17, 15) is 14.4 Å². The van der Waals surface area contributed by atoms with Crippen LogP contribution in [0.5, 0.6) is 0 Å². The summed E-state index contributed by atoms with van der Waals surface area (Å²) >= 11 is 0. The number of nitrogens with one attached hydrogen (secondary N) is 3. The summed E-state index contributed by atoms with van der Waals surface area (Å²) in [6.45, 7) is -0.214. The normalized spacial score (nSPS) is 10.9. The Bertz CT molecular complexity index is 1290. The Balaban J connectivity index is 1.71. The van der Waals surface area contributed by atoms with Crippen LogP contribution in [0.15, 0.2) is 97.2 Å². The predicted octanol–water partition coefficient (Wildman–Crippen LogP) is 2.97. The second-order valence-corrected chi connectivity index (χ2v) is 8.38. The van der Waals surface area contributed by atoms with Gasteiger partial charge in [-0.3, -0.25) is 14.3 Å². The number of amides is 3. The van der Waals surface area contributed by atoms with Gasteiger partial charge in [0.1, 0.15) is 23.7 Å². The van der Waals surface area contributed by atoms with Crippen LogP contribution in [-0.2, 0) is 26.9 Å². The van der Waals surface area contributed by atoms with Gasteiger partial charge in [0.05, 0.1) is 12.7 Å². The molecule has 1 aromatic heterocycles. The number of hydrogen-bond donors (Lipinski definition) is 4. The van der Waals surface area contributed by atoms with Crippen LogP contribution < -0.4 is 21.7 Å². The second-order valence-electron chi connectivity index (χ2n) is 8.38. The number of ether oxygens (including phenoxy) is 1. The van der Waals surface area contributed by atoms with Crippen molar-refractivity contribution in [2.24, 2.45) is 12.8 Å². The Morgan fingerprint density at radius 2 is 1.34 bits per heavy atom. The predicted molar refractivity (Wildman–Crippen MR) is 143 cm³/mol. The number of carbonyl (C=O) groups is 3. The van der Waals surface area contributed by atoms with Crippen LogP contribution in [0.4, 0.5) is 16.3 Å². The molecule has 0 saturated carbocycles. The molecular weight excluding hydrogens is 484 g/mol. The molecule has 38 heavy (non-hydrogen) atoms. The summed E-state index contributed by atoms with van der Waals surface area (Å²) in [4.78, 5) is 35.6. The number of aryl methyl sites for hydroxylation is 1. The number of carbonyl (C=O) groups excluding carboxylic acids is 3. The van der Waals surface area contributed by atoms with Crippen molar-refractivity contribution in [3.05, 3.63) is 114 Å². The van der Waals surface area contributed by atoms with Crippen LogP contribution in [0, 0.1) is 0 Å². The molecule has 3 aromatic carbocycles. The fourth-order valence-corrected chi connectivity index (χ4v) is 4.21. The summed E-state index contributed by atoms with van der Waals surface area (Å²) in [5.41, 5.74) is 7.22. The molecule has 0 radical (unpaired) electrons. The Hall–Kier alpha value is -5.12. The van der Waals surface area contributed by atoms with E-state index in [0.29, 0.717) is 11.5 Å². The molecule has 1 heterocycles. The molecule has 5 N–H and O–H groups in total. The van der Waals surface area contributed by atoms with Gasteiger partial charge in [0, 0.05) is 7.05 Å². The molecule has 0 unspecified atom stereocenters. The van der Waals surface area contributed by atoms with E-state index in [4.69, 9.17) is 5.73 Å². The van der Waals surface area contributed by atoms with Gasteiger partial charge >= 0.3 is 17.9 Å². The van der Waals surface area contributed by atoms with Gasteiger partial charge in [-0.15, -0.1) is 0 Å². The van der Waals surface area contributed by atoms with E-state index in [1.54, 1.807) is 11.7 Å². The minimum atomic E-state index is -0.964. The van der Waals surface area contributed by atoms with E-state index in [1.807, 2.05) is 91.0 Å². The first-order valence-electron chi connectivity index (χ1n) is 11.9. The molecule has 0 aliphatic carbocycles. The largest absolute Gasteiger partial charge is 0.448 e. The monoisotopic (exact) mass is 512 g/mol. The highest BCUT2D eigenvalue weighted by molar-refractivity contribution is 6.39. The highest BCUT2D eigenvalue weighted by Gasteiger charge is 2.38. The molecule has 4 rings (SSSR count). The van der Waals surface area contributed by atoms with Crippen molar-refractivity contribution in [2.45, 2.75) is 5.54 Å². The topological polar surface area (TPSA) is 140 Å². The first kappa shape index (κ1) is 26.0. The van der Waals surface area contributed by atoms with Crippen molar-refractivity contribution >= 4 is 29.4 Å². The molecule has 0 aliphatic rings. The molecule has 4 aromatic rings. The van der Waals surface area contributed by atoms with Gasteiger partial charge in [-0.05, 0) is 16.7 Å². The number of nitrogens with zero attached hydrogens (tertiary/aromatic N) is 2. The summed E-state index contributed by atoms with van der Waals surface area (Å²) in [5, 5.41) is 13.0. The zero-order chi connectivity index (χ0) is 27.0. The third-order valence-corrected chi connectivity index (χ3v) is 5.95. The fraction of sp³-hybridized carbons (Fsp3) is 0.143. The summed E-state index contributed by atoms with van der Waals surface area (Å²) in [7, 11) is 1.74. The average molecular weight is 513 g/mol. The molecule has 3 amide bonds. The molecule has 10 nitrogen and oxygen atoms in total. The molecule has 10 heteroatoms. The van der Waals surface area contributed by atoms with Gasteiger partial charge in [0.15, 0.2) is 0 Å². The van der Waals surface area contributed by atoms with E-state index in [0.717, 1.165) is 16.7 Å². The number of rotatable bonds is 9. The van der Waals surface area contributed by atoms with Crippen molar-refractivity contribution in [1.82, 2.24) is 15.1 Å². The van der Waals surface area contributed by atoms with E-state index in [-0.39, 0.29) is 13.2 Å². The van der Waals surface area contributed by atoms with Crippen molar-refractivity contribution in [3.63, 3.8) is 0 Å². The maximum Gasteiger partial charge on any atom is 0.404 e. The SMILES string of the molecule is Cn1ncc(NC(=O)C(=O)NCCOC(N)=O)c1NC(c1ccccc1)(c1ccccc1)c1ccccc1. The Labute approximate surface area is 219 Å². The summed E-state index contributed by atoms with van der Waals surface area (Å²) in [5.74, 6) is -1.31.